The molecule has 9 heteroatoms. The first kappa shape index (κ1) is 25.0. The monoisotopic (exact) mass is 493 g/mol. The Morgan fingerprint density at radius 2 is 1.78 bits per heavy atom. The van der Waals surface area contributed by atoms with E-state index in [1.54, 1.807) is 36.4 Å². The number of halogens is 1. The predicted molar refractivity (Wildman–Crippen MR) is 131 cm³/mol. The zero-order valence-corrected chi connectivity index (χ0v) is 19.9. The van der Waals surface area contributed by atoms with Crippen LogP contribution in [-0.2, 0) is 9.59 Å². The maximum absolute atomic E-state index is 15.1. The van der Waals surface area contributed by atoms with Crippen molar-refractivity contribution in [3.05, 3.63) is 84.1 Å². The third-order valence-corrected chi connectivity index (χ3v) is 6.17. The van der Waals surface area contributed by atoms with E-state index in [0.717, 1.165) is 25.7 Å². The van der Waals surface area contributed by atoms with E-state index in [2.05, 4.69) is 10.6 Å². The number of amides is 3. The van der Waals surface area contributed by atoms with Crippen LogP contribution in [0, 0.1) is 5.82 Å². The van der Waals surface area contributed by atoms with Crippen LogP contribution in [0.1, 0.15) is 47.8 Å². The molecule has 2 N–H and O–H groups in total. The summed E-state index contributed by atoms with van der Waals surface area (Å²) >= 11 is 0. The van der Waals surface area contributed by atoms with Gasteiger partial charge in [-0.3, -0.25) is 19.3 Å². The van der Waals surface area contributed by atoms with Gasteiger partial charge in [0.25, 0.3) is 5.91 Å². The van der Waals surface area contributed by atoms with Gasteiger partial charge in [0, 0.05) is 17.3 Å². The van der Waals surface area contributed by atoms with Crippen LogP contribution in [0.15, 0.2) is 71.3 Å². The van der Waals surface area contributed by atoms with Gasteiger partial charge >= 0.3 is 0 Å². The second kappa shape index (κ2) is 11.5. The van der Waals surface area contributed by atoms with Gasteiger partial charge in [-0.05, 0) is 55.3 Å². The molecule has 0 unspecified atom stereocenters. The highest BCUT2D eigenvalue weighted by Crippen LogP contribution is 2.31. The molecule has 3 amide bonds. The molecule has 0 spiro atoms. The van der Waals surface area contributed by atoms with Crippen molar-refractivity contribution in [3.8, 4) is 5.75 Å². The highest BCUT2D eigenvalue weighted by atomic mass is 19.1. The van der Waals surface area contributed by atoms with Gasteiger partial charge in [-0.15, -0.1) is 0 Å². The van der Waals surface area contributed by atoms with Crippen LogP contribution in [0.4, 0.5) is 10.1 Å². The molecule has 4 rings (SSSR count). The highest BCUT2D eigenvalue weighted by Gasteiger charge is 2.36. The molecule has 3 aromatic rings. The second-order valence-corrected chi connectivity index (χ2v) is 8.54. The molecule has 1 atom stereocenters. The van der Waals surface area contributed by atoms with Gasteiger partial charge < -0.3 is 19.8 Å². The molecule has 0 saturated heterocycles. The largest absolute Gasteiger partial charge is 0.497 e. The number of ether oxygens (including phenoxy) is 1. The number of hydrogen-bond acceptors (Lipinski definition) is 5. The SMILES string of the molecule is COc1ccc(N(C(=O)CNC(=O)c2ccco2)[C@H](C(=O)NC2CCCC2)c2ccccc2F)cc1. The summed E-state index contributed by atoms with van der Waals surface area (Å²) in [6, 6.07) is 14.1. The molecule has 1 fully saturated rings. The van der Waals surface area contributed by atoms with Crippen molar-refractivity contribution in [2.75, 3.05) is 18.6 Å². The lowest BCUT2D eigenvalue weighted by Gasteiger charge is -2.32. The summed E-state index contributed by atoms with van der Waals surface area (Å²) in [5, 5.41) is 5.51. The summed E-state index contributed by atoms with van der Waals surface area (Å²) in [4.78, 5) is 40.8. The fraction of sp³-hybridized carbons (Fsp3) is 0.296. The lowest BCUT2D eigenvalue weighted by molar-refractivity contribution is -0.126. The van der Waals surface area contributed by atoms with E-state index in [4.69, 9.17) is 9.15 Å². The number of nitrogens with zero attached hydrogens (tertiary/aromatic N) is 1. The first-order valence-electron chi connectivity index (χ1n) is 11.8. The molecule has 0 aliphatic heterocycles. The normalized spacial score (nSPS) is 14.2. The summed E-state index contributed by atoms with van der Waals surface area (Å²) in [5.41, 5.74) is 0.400. The van der Waals surface area contributed by atoms with Crippen LogP contribution >= 0.6 is 0 Å². The van der Waals surface area contributed by atoms with E-state index in [-0.39, 0.29) is 17.4 Å². The van der Waals surface area contributed by atoms with Crippen LogP contribution in [0.3, 0.4) is 0 Å². The fourth-order valence-electron chi connectivity index (χ4n) is 4.36. The van der Waals surface area contributed by atoms with E-state index < -0.39 is 36.1 Å². The summed E-state index contributed by atoms with van der Waals surface area (Å²) in [6.07, 6.45) is 4.99. The minimum atomic E-state index is -1.30. The maximum Gasteiger partial charge on any atom is 0.287 e. The lowest BCUT2D eigenvalue weighted by atomic mass is 10.0. The number of nitrogens with one attached hydrogen (secondary N) is 2. The Hall–Kier alpha value is -4.14. The summed E-state index contributed by atoms with van der Waals surface area (Å²) in [7, 11) is 1.51. The van der Waals surface area contributed by atoms with Crippen LogP contribution < -0.4 is 20.3 Å². The molecule has 8 nitrogen and oxygen atoms in total. The van der Waals surface area contributed by atoms with Gasteiger partial charge in [0.2, 0.25) is 11.8 Å². The minimum absolute atomic E-state index is 0.0433. The van der Waals surface area contributed by atoms with Crippen LogP contribution in [-0.4, -0.2) is 37.4 Å². The van der Waals surface area contributed by atoms with Crippen molar-refractivity contribution in [3.63, 3.8) is 0 Å². The van der Waals surface area contributed by atoms with Crippen LogP contribution in [0.5, 0.6) is 5.75 Å². The smallest absolute Gasteiger partial charge is 0.287 e. The average molecular weight is 494 g/mol. The zero-order valence-electron chi connectivity index (χ0n) is 19.9. The summed E-state index contributed by atoms with van der Waals surface area (Å²) < 4.78 is 25.4. The Morgan fingerprint density at radius 3 is 2.42 bits per heavy atom. The molecule has 188 valence electrons. The van der Waals surface area contributed by atoms with Gasteiger partial charge in [0.05, 0.1) is 19.9 Å². The van der Waals surface area contributed by atoms with Crippen LogP contribution in [0.2, 0.25) is 0 Å². The molecule has 0 bridgehead atoms. The molecule has 1 aliphatic carbocycles. The maximum atomic E-state index is 15.1. The zero-order chi connectivity index (χ0) is 25.5. The van der Waals surface area contributed by atoms with Crippen molar-refractivity contribution < 1.29 is 27.9 Å². The Balaban J connectivity index is 1.70. The van der Waals surface area contributed by atoms with Gasteiger partial charge in [-0.2, -0.15) is 0 Å². The second-order valence-electron chi connectivity index (χ2n) is 8.54. The van der Waals surface area contributed by atoms with Gasteiger partial charge in [-0.1, -0.05) is 31.0 Å². The van der Waals surface area contributed by atoms with E-state index in [9.17, 15) is 14.4 Å². The molecule has 0 radical (unpaired) electrons. The first-order valence-corrected chi connectivity index (χ1v) is 11.8. The summed E-state index contributed by atoms with van der Waals surface area (Å²) in [5.74, 6) is -1.70. The van der Waals surface area contributed by atoms with E-state index in [1.165, 1.54) is 42.5 Å². The van der Waals surface area contributed by atoms with Crippen molar-refractivity contribution in [1.29, 1.82) is 0 Å². The molecule has 1 aromatic heterocycles. The predicted octanol–water partition coefficient (Wildman–Crippen LogP) is 3.99. The van der Waals surface area contributed by atoms with E-state index >= 15 is 4.39 Å². The van der Waals surface area contributed by atoms with E-state index in [0.29, 0.717) is 11.4 Å². The quantitative estimate of drug-likeness (QED) is 0.470. The van der Waals surface area contributed by atoms with Crippen molar-refractivity contribution in [2.45, 2.75) is 37.8 Å². The molecule has 36 heavy (non-hydrogen) atoms. The number of carbonyl (C=O) groups is 3. The van der Waals surface area contributed by atoms with Crippen LogP contribution in [0.25, 0.3) is 0 Å². The van der Waals surface area contributed by atoms with Gasteiger partial charge in [0.15, 0.2) is 5.76 Å². The molecular formula is C27H28FN3O5. The number of anilines is 1. The standard InChI is InChI=1S/C27H28FN3O5/c1-35-20-14-12-19(13-15-20)31(24(32)17-29-26(33)23-11-6-16-36-23)25(21-9-4-5-10-22(21)28)27(34)30-18-7-2-3-8-18/h4-6,9-16,18,25H,2-3,7-8,17H2,1H3,(H,29,33)(H,30,34)/t25-/m0/s1. The number of methoxy groups -OCH3 is 1. The van der Waals surface area contributed by atoms with Crippen molar-refractivity contribution in [2.24, 2.45) is 0 Å². The first-order chi connectivity index (χ1) is 17.5. The van der Waals surface area contributed by atoms with Crippen molar-refractivity contribution in [1.82, 2.24) is 10.6 Å². The fourth-order valence-corrected chi connectivity index (χ4v) is 4.36. The Bertz CT molecular complexity index is 1190. The van der Waals surface area contributed by atoms with Gasteiger partial charge in [-0.25, -0.2) is 4.39 Å². The molecule has 1 heterocycles. The minimum Gasteiger partial charge on any atom is -0.497 e. The third-order valence-electron chi connectivity index (χ3n) is 6.17. The molecule has 1 saturated carbocycles. The summed E-state index contributed by atoms with van der Waals surface area (Å²) in [6.45, 7) is -0.437. The number of hydrogen-bond donors (Lipinski definition) is 2. The molecule has 2 aromatic carbocycles. The number of rotatable bonds is 9. The average Bonchev–Trinajstić information content (AvgIpc) is 3.61. The third kappa shape index (κ3) is 5.73. The van der Waals surface area contributed by atoms with Crippen molar-refractivity contribution >= 4 is 23.4 Å². The Labute approximate surface area is 208 Å². The number of benzene rings is 2. The lowest BCUT2D eigenvalue weighted by Crippen LogP contribution is -2.49. The topological polar surface area (TPSA) is 101 Å². The number of furan rings is 1. The number of carbonyl (C=O) groups excluding carboxylic acids is 3. The molecule has 1 aliphatic rings. The Morgan fingerprint density at radius 1 is 1.06 bits per heavy atom. The van der Waals surface area contributed by atoms with Gasteiger partial charge in [0.1, 0.15) is 17.6 Å². The highest BCUT2D eigenvalue weighted by molar-refractivity contribution is 6.04. The van der Waals surface area contributed by atoms with E-state index in [1.807, 2.05) is 0 Å². The molecular weight excluding hydrogens is 465 g/mol. The Kier molecular flexibility index (Phi) is 7.99.